The number of hydrogen-bond acceptors (Lipinski definition) is 3. The summed E-state index contributed by atoms with van der Waals surface area (Å²) in [5.74, 6) is 0.770. The molecule has 1 fully saturated rings. The Morgan fingerprint density at radius 1 is 1.37 bits per heavy atom. The first-order valence-corrected chi connectivity index (χ1v) is 7.54. The average molecular weight is 270 g/mol. The monoisotopic (exact) mass is 270 g/mol. The third-order valence-corrected chi connectivity index (χ3v) is 3.66. The van der Waals surface area contributed by atoms with E-state index in [0.29, 0.717) is 25.0 Å². The van der Waals surface area contributed by atoms with Crippen LogP contribution in [0.1, 0.15) is 53.4 Å². The van der Waals surface area contributed by atoms with Crippen molar-refractivity contribution in [3.63, 3.8) is 0 Å². The van der Waals surface area contributed by atoms with Crippen LogP contribution >= 0.6 is 0 Å². The minimum Gasteiger partial charge on any atom is -0.379 e. The van der Waals surface area contributed by atoms with Gasteiger partial charge in [0.05, 0.1) is 6.61 Å². The van der Waals surface area contributed by atoms with Crippen LogP contribution in [0.25, 0.3) is 0 Å². The number of carbonyl (C=O) groups is 1. The van der Waals surface area contributed by atoms with Gasteiger partial charge in [0.25, 0.3) is 0 Å². The van der Waals surface area contributed by atoms with E-state index in [4.69, 9.17) is 10.5 Å². The summed E-state index contributed by atoms with van der Waals surface area (Å²) in [6, 6.07) is 0.229. The zero-order valence-corrected chi connectivity index (χ0v) is 12.9. The largest absolute Gasteiger partial charge is 0.379 e. The van der Waals surface area contributed by atoms with Gasteiger partial charge in [-0.1, -0.05) is 13.8 Å². The van der Waals surface area contributed by atoms with Crippen LogP contribution in [-0.2, 0) is 9.53 Å². The van der Waals surface area contributed by atoms with Crippen LogP contribution in [0.4, 0.5) is 0 Å². The van der Waals surface area contributed by atoms with Gasteiger partial charge in [0.15, 0.2) is 0 Å². The standard InChI is InChI=1S/C15H30N2O2/c1-11(2)6-5-9-19-10-15(14(16)18,13-7-8-13)17-12(3)4/h11-13,17H,5-10H2,1-4H3,(H2,16,18). The molecule has 1 unspecified atom stereocenters. The van der Waals surface area contributed by atoms with Gasteiger partial charge in [0.1, 0.15) is 5.54 Å². The van der Waals surface area contributed by atoms with Crippen LogP contribution in [0.2, 0.25) is 0 Å². The lowest BCUT2D eigenvalue weighted by Gasteiger charge is -2.33. The maximum absolute atomic E-state index is 11.9. The maximum Gasteiger partial charge on any atom is 0.240 e. The minimum absolute atomic E-state index is 0.229. The van der Waals surface area contributed by atoms with Crippen LogP contribution in [-0.4, -0.2) is 30.7 Å². The van der Waals surface area contributed by atoms with Gasteiger partial charge in [0, 0.05) is 12.6 Å². The number of amides is 1. The molecule has 19 heavy (non-hydrogen) atoms. The average Bonchev–Trinajstić information content (AvgIpc) is 3.09. The van der Waals surface area contributed by atoms with Gasteiger partial charge < -0.3 is 10.5 Å². The van der Waals surface area contributed by atoms with Gasteiger partial charge in [-0.25, -0.2) is 0 Å². The zero-order valence-electron chi connectivity index (χ0n) is 12.9. The van der Waals surface area contributed by atoms with Crippen molar-refractivity contribution in [3.8, 4) is 0 Å². The van der Waals surface area contributed by atoms with E-state index in [2.05, 4.69) is 19.2 Å². The van der Waals surface area contributed by atoms with Crippen molar-refractivity contribution in [3.05, 3.63) is 0 Å². The number of carbonyl (C=O) groups excluding carboxylic acids is 1. The fraction of sp³-hybridized carbons (Fsp3) is 0.933. The molecule has 4 nitrogen and oxygen atoms in total. The number of ether oxygens (including phenoxy) is 1. The second-order valence-corrected chi connectivity index (χ2v) is 6.50. The summed E-state index contributed by atoms with van der Waals surface area (Å²) in [4.78, 5) is 11.9. The smallest absolute Gasteiger partial charge is 0.240 e. The quantitative estimate of drug-likeness (QED) is 0.597. The Kier molecular flexibility index (Phi) is 6.27. The Bertz CT molecular complexity index is 288. The highest BCUT2D eigenvalue weighted by Crippen LogP contribution is 2.40. The molecule has 0 spiro atoms. The predicted molar refractivity (Wildman–Crippen MR) is 77.8 cm³/mol. The number of nitrogens with one attached hydrogen (secondary N) is 1. The molecule has 0 saturated heterocycles. The van der Waals surface area contributed by atoms with E-state index < -0.39 is 5.54 Å². The van der Waals surface area contributed by atoms with Gasteiger partial charge in [-0.3, -0.25) is 10.1 Å². The van der Waals surface area contributed by atoms with Crippen molar-refractivity contribution in [2.75, 3.05) is 13.2 Å². The molecule has 4 heteroatoms. The summed E-state index contributed by atoms with van der Waals surface area (Å²) in [5.41, 5.74) is 4.98. The molecule has 112 valence electrons. The molecule has 0 aromatic carbocycles. The minimum atomic E-state index is -0.661. The fourth-order valence-electron chi connectivity index (χ4n) is 2.54. The van der Waals surface area contributed by atoms with Crippen molar-refractivity contribution in [1.29, 1.82) is 0 Å². The molecule has 0 aromatic heterocycles. The van der Waals surface area contributed by atoms with Crippen LogP contribution < -0.4 is 11.1 Å². The molecule has 0 heterocycles. The Morgan fingerprint density at radius 2 is 2.00 bits per heavy atom. The molecule has 1 rings (SSSR count). The number of nitrogens with two attached hydrogens (primary N) is 1. The highest BCUT2D eigenvalue weighted by molar-refractivity contribution is 5.85. The van der Waals surface area contributed by atoms with E-state index in [1.165, 1.54) is 0 Å². The third kappa shape index (κ3) is 5.11. The highest BCUT2D eigenvalue weighted by atomic mass is 16.5. The second-order valence-electron chi connectivity index (χ2n) is 6.50. The van der Waals surface area contributed by atoms with E-state index in [-0.39, 0.29) is 11.9 Å². The normalized spacial score (nSPS) is 18.8. The topological polar surface area (TPSA) is 64.3 Å². The van der Waals surface area contributed by atoms with E-state index in [1.807, 2.05) is 13.8 Å². The highest BCUT2D eigenvalue weighted by Gasteiger charge is 2.50. The van der Waals surface area contributed by atoms with E-state index in [9.17, 15) is 4.79 Å². The first-order valence-electron chi connectivity index (χ1n) is 7.54. The van der Waals surface area contributed by atoms with E-state index in [1.54, 1.807) is 0 Å². The fourth-order valence-corrected chi connectivity index (χ4v) is 2.54. The second kappa shape index (κ2) is 7.25. The lowest BCUT2D eigenvalue weighted by Crippen LogP contribution is -2.62. The van der Waals surface area contributed by atoms with Crippen LogP contribution in [0.15, 0.2) is 0 Å². The molecule has 3 N–H and O–H groups in total. The molecule has 1 atom stereocenters. The van der Waals surface area contributed by atoms with Crippen molar-refractivity contribution >= 4 is 5.91 Å². The predicted octanol–water partition coefficient (Wildman–Crippen LogP) is 2.07. The molecule has 0 aliphatic heterocycles. The summed E-state index contributed by atoms with van der Waals surface area (Å²) >= 11 is 0. The van der Waals surface area contributed by atoms with Crippen LogP contribution in [0.5, 0.6) is 0 Å². The van der Waals surface area contributed by atoms with Crippen molar-refractivity contribution < 1.29 is 9.53 Å². The van der Waals surface area contributed by atoms with Crippen LogP contribution in [0, 0.1) is 11.8 Å². The molecule has 0 bridgehead atoms. The van der Waals surface area contributed by atoms with Crippen molar-refractivity contribution in [1.82, 2.24) is 5.32 Å². The summed E-state index contributed by atoms with van der Waals surface area (Å²) in [6.45, 7) is 9.61. The van der Waals surface area contributed by atoms with Crippen molar-refractivity contribution in [2.24, 2.45) is 17.6 Å². The first-order chi connectivity index (χ1) is 8.88. The number of rotatable bonds is 10. The lowest BCUT2D eigenvalue weighted by molar-refractivity contribution is -0.128. The van der Waals surface area contributed by atoms with Crippen molar-refractivity contribution in [2.45, 2.75) is 65.0 Å². The Morgan fingerprint density at radius 3 is 2.42 bits per heavy atom. The Hall–Kier alpha value is -0.610. The zero-order chi connectivity index (χ0) is 14.5. The molecule has 1 aliphatic rings. The molecular weight excluding hydrogens is 240 g/mol. The van der Waals surface area contributed by atoms with Crippen LogP contribution in [0.3, 0.4) is 0 Å². The summed E-state index contributed by atoms with van der Waals surface area (Å²) in [7, 11) is 0. The molecule has 1 aliphatic carbocycles. The molecule has 0 aromatic rings. The number of primary amides is 1. The number of hydrogen-bond donors (Lipinski definition) is 2. The van der Waals surface area contributed by atoms with Gasteiger partial charge >= 0.3 is 0 Å². The SMILES string of the molecule is CC(C)CCCOCC(NC(C)C)(C(N)=O)C1CC1. The summed E-state index contributed by atoms with van der Waals surface area (Å²) < 4.78 is 5.75. The molecule has 1 saturated carbocycles. The molecule has 1 amide bonds. The van der Waals surface area contributed by atoms with Gasteiger partial charge in [-0.15, -0.1) is 0 Å². The van der Waals surface area contributed by atoms with Gasteiger partial charge in [-0.05, 0) is 51.4 Å². The summed E-state index contributed by atoms with van der Waals surface area (Å²) in [6.07, 6.45) is 4.33. The van der Waals surface area contributed by atoms with Gasteiger partial charge in [0.2, 0.25) is 5.91 Å². The maximum atomic E-state index is 11.9. The van der Waals surface area contributed by atoms with Gasteiger partial charge in [-0.2, -0.15) is 0 Å². The third-order valence-electron chi connectivity index (χ3n) is 3.66. The lowest BCUT2D eigenvalue weighted by atomic mass is 9.92. The molecular formula is C15H30N2O2. The summed E-state index contributed by atoms with van der Waals surface area (Å²) in [5, 5.41) is 3.35. The molecule has 0 radical (unpaired) electrons. The first kappa shape index (κ1) is 16.4. The Balaban J connectivity index is 2.47. The van der Waals surface area contributed by atoms with E-state index >= 15 is 0 Å². The Labute approximate surface area is 117 Å². The van der Waals surface area contributed by atoms with E-state index in [0.717, 1.165) is 25.7 Å².